The first kappa shape index (κ1) is 18.6. The Morgan fingerprint density at radius 2 is 2.00 bits per heavy atom. The van der Waals surface area contributed by atoms with Crippen molar-refractivity contribution >= 4 is 21.6 Å². The summed E-state index contributed by atoms with van der Waals surface area (Å²) in [5.41, 5.74) is 0.0522. The molecule has 0 spiro atoms. The van der Waals surface area contributed by atoms with Crippen LogP contribution in [0.2, 0.25) is 5.02 Å². The molecule has 1 aliphatic carbocycles. The molecule has 7 heteroatoms. The summed E-state index contributed by atoms with van der Waals surface area (Å²) in [5, 5.41) is 9.52. The monoisotopic (exact) mass is 363 g/mol. The van der Waals surface area contributed by atoms with Gasteiger partial charge in [0, 0.05) is 23.2 Å². The molecule has 1 aromatic carbocycles. The third kappa shape index (κ3) is 5.71. The summed E-state index contributed by atoms with van der Waals surface area (Å²) in [6.07, 6.45) is 5.62. The molecule has 1 atom stereocenters. The summed E-state index contributed by atoms with van der Waals surface area (Å²) < 4.78 is 41.2. The Labute approximate surface area is 142 Å². The Hall–Kier alpha value is -0.690. The quantitative estimate of drug-likeness (QED) is 0.781. The average Bonchev–Trinajstić information content (AvgIpc) is 2.51. The lowest BCUT2D eigenvalue weighted by atomic mass is 9.83. The van der Waals surface area contributed by atoms with Crippen molar-refractivity contribution in [3.63, 3.8) is 0 Å². The molecule has 1 fully saturated rings. The highest BCUT2D eigenvalue weighted by Crippen LogP contribution is 2.28. The zero-order valence-corrected chi connectivity index (χ0v) is 14.5. The fourth-order valence-electron chi connectivity index (χ4n) is 3.20. The molecule has 1 aromatic rings. The van der Waals surface area contributed by atoms with E-state index in [-0.39, 0.29) is 24.1 Å². The second-order valence-corrected chi connectivity index (χ2v) is 8.32. The van der Waals surface area contributed by atoms with Gasteiger partial charge in [0.1, 0.15) is 5.82 Å². The third-order valence-corrected chi connectivity index (χ3v) is 5.93. The molecule has 4 nitrogen and oxygen atoms in total. The van der Waals surface area contributed by atoms with Gasteiger partial charge >= 0.3 is 0 Å². The minimum Gasteiger partial charge on any atom is -0.396 e. The molecule has 0 aromatic heterocycles. The van der Waals surface area contributed by atoms with Gasteiger partial charge in [-0.15, -0.1) is 0 Å². The van der Waals surface area contributed by atoms with Gasteiger partial charge in [-0.3, -0.25) is 0 Å². The van der Waals surface area contributed by atoms with E-state index in [0.717, 1.165) is 25.7 Å². The molecular formula is C16H23ClFNO3S. The maximum atomic E-state index is 13.7. The maximum Gasteiger partial charge on any atom is 0.216 e. The van der Waals surface area contributed by atoms with Crippen LogP contribution in [-0.4, -0.2) is 26.2 Å². The number of halogens is 2. The third-order valence-electron chi connectivity index (χ3n) is 4.34. The van der Waals surface area contributed by atoms with E-state index in [1.165, 1.54) is 24.6 Å². The van der Waals surface area contributed by atoms with E-state index in [2.05, 4.69) is 4.72 Å². The van der Waals surface area contributed by atoms with Crippen LogP contribution in [0.3, 0.4) is 0 Å². The number of benzene rings is 1. The van der Waals surface area contributed by atoms with Crippen LogP contribution in [0.4, 0.5) is 4.39 Å². The lowest BCUT2D eigenvalue weighted by Crippen LogP contribution is -2.42. The lowest BCUT2D eigenvalue weighted by molar-refractivity contribution is 0.221. The van der Waals surface area contributed by atoms with Crippen molar-refractivity contribution in [2.24, 2.45) is 5.92 Å². The summed E-state index contributed by atoms with van der Waals surface area (Å²) >= 11 is 5.81. The molecule has 0 heterocycles. The number of sulfonamides is 1. The highest BCUT2D eigenvalue weighted by Gasteiger charge is 2.27. The first-order valence-corrected chi connectivity index (χ1v) is 9.99. The SMILES string of the molecule is O=S(=O)(Cc1cc(Cl)ccc1F)NC(CCO)C1CCCCC1. The second-order valence-electron chi connectivity index (χ2n) is 6.13. The Kier molecular flexibility index (Phi) is 6.83. The van der Waals surface area contributed by atoms with Crippen molar-refractivity contribution in [1.29, 1.82) is 0 Å². The molecule has 130 valence electrons. The summed E-state index contributed by atoms with van der Waals surface area (Å²) in [4.78, 5) is 0. The highest BCUT2D eigenvalue weighted by molar-refractivity contribution is 7.88. The zero-order chi connectivity index (χ0) is 16.9. The molecule has 2 N–H and O–H groups in total. The number of hydrogen-bond donors (Lipinski definition) is 2. The van der Waals surface area contributed by atoms with E-state index in [0.29, 0.717) is 11.4 Å². The predicted molar refractivity (Wildman–Crippen MR) is 89.2 cm³/mol. The van der Waals surface area contributed by atoms with Gasteiger partial charge in [-0.25, -0.2) is 17.5 Å². The first-order chi connectivity index (χ1) is 10.9. The fourth-order valence-corrected chi connectivity index (χ4v) is 4.88. The fraction of sp³-hybridized carbons (Fsp3) is 0.625. The average molecular weight is 364 g/mol. The largest absolute Gasteiger partial charge is 0.396 e. The van der Waals surface area contributed by atoms with Crippen molar-refractivity contribution < 1.29 is 17.9 Å². The minimum atomic E-state index is -3.70. The van der Waals surface area contributed by atoms with Crippen LogP contribution in [0.5, 0.6) is 0 Å². The Bertz CT molecular complexity index is 618. The molecule has 0 saturated heterocycles. The smallest absolute Gasteiger partial charge is 0.216 e. The molecule has 23 heavy (non-hydrogen) atoms. The maximum absolute atomic E-state index is 13.7. The normalized spacial score (nSPS) is 18.0. The Balaban J connectivity index is 2.09. The molecule has 0 amide bonds. The van der Waals surface area contributed by atoms with Crippen LogP contribution in [0.1, 0.15) is 44.1 Å². The van der Waals surface area contributed by atoms with Gasteiger partial charge in [0.15, 0.2) is 0 Å². The molecule has 1 saturated carbocycles. The molecular weight excluding hydrogens is 341 g/mol. The zero-order valence-electron chi connectivity index (χ0n) is 13.0. The Morgan fingerprint density at radius 3 is 2.65 bits per heavy atom. The highest BCUT2D eigenvalue weighted by atomic mass is 35.5. The molecule has 2 rings (SSSR count). The van der Waals surface area contributed by atoms with Crippen molar-refractivity contribution in [3.05, 3.63) is 34.6 Å². The molecule has 0 radical (unpaired) electrons. The van der Waals surface area contributed by atoms with E-state index in [1.807, 2.05) is 0 Å². The van der Waals surface area contributed by atoms with Gasteiger partial charge in [0.05, 0.1) is 5.75 Å². The Morgan fingerprint density at radius 1 is 1.30 bits per heavy atom. The number of nitrogens with one attached hydrogen (secondary N) is 1. The summed E-state index contributed by atoms with van der Waals surface area (Å²) in [6, 6.07) is 3.58. The lowest BCUT2D eigenvalue weighted by Gasteiger charge is -2.30. The second kappa shape index (κ2) is 8.42. The standard InChI is InChI=1S/C16H23ClFNO3S/c17-14-6-7-15(18)13(10-14)11-23(21,22)19-16(8-9-20)12-4-2-1-3-5-12/h6-7,10,12,16,19-20H,1-5,8-9,11H2. The summed E-state index contributed by atoms with van der Waals surface area (Å²) in [6.45, 7) is -0.0742. The van der Waals surface area contributed by atoms with Gasteiger partial charge < -0.3 is 5.11 Å². The number of aliphatic hydroxyl groups is 1. The number of rotatable bonds is 7. The van der Waals surface area contributed by atoms with Gasteiger partial charge in [-0.05, 0) is 43.4 Å². The van der Waals surface area contributed by atoms with Gasteiger partial charge in [-0.1, -0.05) is 30.9 Å². The summed E-state index contributed by atoms with van der Waals surface area (Å²) in [5.74, 6) is -0.806. The van der Waals surface area contributed by atoms with Crippen LogP contribution < -0.4 is 4.72 Å². The molecule has 1 unspecified atom stereocenters. The molecule has 0 bridgehead atoms. The van der Waals surface area contributed by atoms with Crippen LogP contribution in [0.15, 0.2) is 18.2 Å². The van der Waals surface area contributed by atoms with Gasteiger partial charge in [0.25, 0.3) is 0 Å². The predicted octanol–water partition coefficient (Wildman–Crippen LogP) is 3.23. The van der Waals surface area contributed by atoms with Crippen molar-refractivity contribution in [2.75, 3.05) is 6.61 Å². The summed E-state index contributed by atoms with van der Waals surface area (Å²) in [7, 11) is -3.70. The van der Waals surface area contributed by atoms with Crippen LogP contribution in [0, 0.1) is 11.7 Å². The van der Waals surface area contributed by atoms with Crippen molar-refractivity contribution in [1.82, 2.24) is 4.72 Å². The number of aliphatic hydroxyl groups excluding tert-OH is 1. The van der Waals surface area contributed by atoms with Gasteiger partial charge in [-0.2, -0.15) is 0 Å². The van der Waals surface area contributed by atoms with Crippen LogP contribution in [-0.2, 0) is 15.8 Å². The van der Waals surface area contributed by atoms with Crippen molar-refractivity contribution in [2.45, 2.75) is 50.3 Å². The van der Waals surface area contributed by atoms with E-state index in [9.17, 15) is 17.9 Å². The minimum absolute atomic E-state index is 0.0522. The molecule has 0 aliphatic heterocycles. The van der Waals surface area contributed by atoms with E-state index < -0.39 is 21.6 Å². The van der Waals surface area contributed by atoms with E-state index in [4.69, 9.17) is 11.6 Å². The van der Waals surface area contributed by atoms with Crippen LogP contribution in [0.25, 0.3) is 0 Å². The first-order valence-electron chi connectivity index (χ1n) is 7.96. The topological polar surface area (TPSA) is 66.4 Å². The van der Waals surface area contributed by atoms with Crippen LogP contribution >= 0.6 is 11.6 Å². The molecule has 1 aliphatic rings. The number of hydrogen-bond acceptors (Lipinski definition) is 3. The van der Waals surface area contributed by atoms with E-state index in [1.54, 1.807) is 0 Å². The van der Waals surface area contributed by atoms with E-state index >= 15 is 0 Å². The van der Waals surface area contributed by atoms with Gasteiger partial charge in [0.2, 0.25) is 10.0 Å². The van der Waals surface area contributed by atoms with Crippen molar-refractivity contribution in [3.8, 4) is 0 Å².